The molecule has 0 atom stereocenters. The van der Waals surface area contributed by atoms with Crippen LogP contribution in [0.5, 0.6) is 11.5 Å². The Morgan fingerprint density at radius 1 is 1.18 bits per heavy atom. The molecule has 0 spiro atoms. The van der Waals surface area contributed by atoms with E-state index in [1.165, 1.54) is 10.4 Å². The molecule has 1 N–H and O–H groups in total. The van der Waals surface area contributed by atoms with E-state index in [4.69, 9.17) is 4.74 Å². The normalized spacial score (nSPS) is 13.3. The van der Waals surface area contributed by atoms with Crippen molar-refractivity contribution in [1.82, 2.24) is 19.9 Å². The zero-order chi connectivity index (χ0) is 23.7. The average Bonchev–Trinajstić information content (AvgIpc) is 3.21. The number of carbonyl (C=O) groups excluding carboxylic acids is 1. The zero-order valence-electron chi connectivity index (χ0n) is 19.3. The van der Waals surface area contributed by atoms with Gasteiger partial charge in [0.2, 0.25) is 5.91 Å². The van der Waals surface area contributed by atoms with Gasteiger partial charge >= 0.3 is 0 Å². The summed E-state index contributed by atoms with van der Waals surface area (Å²) in [5, 5.41) is 4.52. The highest BCUT2D eigenvalue weighted by Gasteiger charge is 2.25. The van der Waals surface area contributed by atoms with E-state index in [0.29, 0.717) is 18.8 Å². The third kappa shape index (κ3) is 4.36. The van der Waals surface area contributed by atoms with E-state index in [1.54, 1.807) is 36.0 Å². The van der Waals surface area contributed by atoms with Crippen molar-refractivity contribution in [3.05, 3.63) is 76.7 Å². The second-order valence-corrected chi connectivity index (χ2v) is 9.34. The van der Waals surface area contributed by atoms with Gasteiger partial charge in [0.25, 0.3) is 0 Å². The molecule has 4 aromatic rings. The second-order valence-electron chi connectivity index (χ2n) is 8.26. The van der Waals surface area contributed by atoms with Gasteiger partial charge in [-0.2, -0.15) is 0 Å². The number of rotatable bonds is 5. The number of ether oxygens (including phenoxy) is 1. The van der Waals surface area contributed by atoms with Crippen LogP contribution in [0.1, 0.15) is 28.6 Å². The maximum absolute atomic E-state index is 12.3. The lowest BCUT2D eigenvalue weighted by Crippen LogP contribution is -2.34. The first-order valence-electron chi connectivity index (χ1n) is 11.2. The predicted molar refractivity (Wildman–Crippen MR) is 135 cm³/mol. The highest BCUT2D eigenvalue weighted by molar-refractivity contribution is 7.19. The molecule has 1 aliphatic heterocycles. The minimum atomic E-state index is 0.0502. The van der Waals surface area contributed by atoms with Crippen molar-refractivity contribution in [2.75, 3.05) is 11.9 Å². The van der Waals surface area contributed by atoms with Gasteiger partial charge in [0.05, 0.1) is 18.1 Å². The molecule has 5 rings (SSSR count). The first-order valence-corrected chi connectivity index (χ1v) is 12.0. The zero-order valence-corrected chi connectivity index (χ0v) is 20.1. The molecule has 1 amide bonds. The summed E-state index contributed by atoms with van der Waals surface area (Å²) in [7, 11) is 0. The number of aromatic nitrogens is 3. The van der Waals surface area contributed by atoms with Gasteiger partial charge < -0.3 is 15.0 Å². The molecule has 34 heavy (non-hydrogen) atoms. The highest BCUT2D eigenvalue weighted by atomic mass is 32.1. The van der Waals surface area contributed by atoms with Crippen molar-refractivity contribution < 1.29 is 9.53 Å². The highest BCUT2D eigenvalue weighted by Crippen LogP contribution is 2.38. The Morgan fingerprint density at radius 3 is 2.82 bits per heavy atom. The summed E-state index contributed by atoms with van der Waals surface area (Å²) in [5.41, 5.74) is 4.11. The predicted octanol–water partition coefficient (Wildman–Crippen LogP) is 5.70. The number of aryl methyl sites for hydroxylation is 2. The van der Waals surface area contributed by atoms with E-state index in [1.807, 2.05) is 56.0 Å². The van der Waals surface area contributed by atoms with E-state index in [-0.39, 0.29) is 5.91 Å². The van der Waals surface area contributed by atoms with Crippen LogP contribution in [0.25, 0.3) is 10.2 Å². The number of pyridine rings is 1. The quantitative estimate of drug-likeness (QED) is 0.376. The number of hydrogen-bond acceptors (Lipinski definition) is 7. The molecule has 4 heterocycles. The minimum Gasteiger partial charge on any atom is -0.455 e. The van der Waals surface area contributed by atoms with Crippen molar-refractivity contribution in [2.45, 2.75) is 33.7 Å². The molecule has 0 saturated carbocycles. The molecular formula is C26H25N5O2S. The Hall–Kier alpha value is -3.78. The number of nitrogens with zero attached hydrogens (tertiary/aromatic N) is 4. The summed E-state index contributed by atoms with van der Waals surface area (Å²) < 4.78 is 6.00. The van der Waals surface area contributed by atoms with Gasteiger partial charge in [-0.05, 0) is 74.7 Å². The van der Waals surface area contributed by atoms with Gasteiger partial charge in [-0.25, -0.2) is 9.97 Å². The van der Waals surface area contributed by atoms with Crippen LogP contribution in [0.4, 0.5) is 11.5 Å². The molecule has 0 unspecified atom stereocenters. The Bertz CT molecular complexity index is 1390. The van der Waals surface area contributed by atoms with Gasteiger partial charge in [-0.15, -0.1) is 11.3 Å². The van der Waals surface area contributed by atoms with Crippen LogP contribution in [0.15, 0.2) is 55.0 Å². The topological polar surface area (TPSA) is 80.2 Å². The number of amides is 1. The van der Waals surface area contributed by atoms with Gasteiger partial charge in [-0.3, -0.25) is 9.78 Å². The molecule has 0 fully saturated rings. The van der Waals surface area contributed by atoms with Gasteiger partial charge in [-0.1, -0.05) is 6.08 Å². The molecular weight excluding hydrogens is 446 g/mol. The van der Waals surface area contributed by atoms with Crippen molar-refractivity contribution in [2.24, 2.45) is 0 Å². The van der Waals surface area contributed by atoms with Gasteiger partial charge in [0, 0.05) is 22.8 Å². The van der Waals surface area contributed by atoms with Crippen LogP contribution in [-0.2, 0) is 17.8 Å². The van der Waals surface area contributed by atoms with E-state index >= 15 is 0 Å². The minimum absolute atomic E-state index is 0.0502. The first-order chi connectivity index (χ1) is 16.5. The largest absolute Gasteiger partial charge is 0.455 e. The summed E-state index contributed by atoms with van der Waals surface area (Å²) in [6.07, 6.45) is 7.51. The summed E-state index contributed by atoms with van der Waals surface area (Å²) in [6, 6.07) is 9.82. The van der Waals surface area contributed by atoms with Crippen LogP contribution >= 0.6 is 11.3 Å². The summed E-state index contributed by atoms with van der Waals surface area (Å²) in [4.78, 5) is 29.6. The van der Waals surface area contributed by atoms with Gasteiger partial charge in [0.1, 0.15) is 28.5 Å². The molecule has 8 heteroatoms. The lowest BCUT2D eigenvalue weighted by molar-refractivity contribution is -0.126. The summed E-state index contributed by atoms with van der Waals surface area (Å²) in [5.74, 6) is 2.32. The molecule has 0 saturated heterocycles. The van der Waals surface area contributed by atoms with Crippen LogP contribution in [-0.4, -0.2) is 32.3 Å². The first kappa shape index (κ1) is 22.0. The SMILES string of the molecule is C/C=C/C(=O)N1CCc2c(sc3ncnc(Nc4ccc(Oc5ccc(C)nc5)c(C)c4)c23)C1. The van der Waals surface area contributed by atoms with Crippen LogP contribution in [0.3, 0.4) is 0 Å². The fourth-order valence-corrected chi connectivity index (χ4v) is 5.28. The molecule has 1 aromatic carbocycles. The number of fused-ring (bicyclic) bond motifs is 3. The number of benzene rings is 1. The fraction of sp³-hybridized carbons (Fsp3) is 0.231. The molecule has 0 bridgehead atoms. The number of nitrogens with one attached hydrogen (secondary N) is 1. The number of thiophene rings is 1. The van der Waals surface area contributed by atoms with E-state index in [9.17, 15) is 4.79 Å². The number of hydrogen-bond donors (Lipinski definition) is 1. The van der Waals surface area contributed by atoms with E-state index < -0.39 is 0 Å². The molecule has 0 aliphatic carbocycles. The smallest absolute Gasteiger partial charge is 0.246 e. The Labute approximate surface area is 202 Å². The third-order valence-electron chi connectivity index (χ3n) is 5.81. The molecule has 0 radical (unpaired) electrons. The van der Waals surface area contributed by atoms with Crippen molar-refractivity contribution >= 4 is 39.0 Å². The van der Waals surface area contributed by atoms with Crippen molar-refractivity contribution in [3.8, 4) is 11.5 Å². The number of carbonyl (C=O) groups is 1. The van der Waals surface area contributed by atoms with Crippen molar-refractivity contribution in [3.63, 3.8) is 0 Å². The molecule has 172 valence electrons. The monoisotopic (exact) mass is 471 g/mol. The van der Waals surface area contributed by atoms with Crippen LogP contribution in [0, 0.1) is 13.8 Å². The Morgan fingerprint density at radius 2 is 2.06 bits per heavy atom. The van der Waals surface area contributed by atoms with Crippen molar-refractivity contribution in [1.29, 1.82) is 0 Å². The average molecular weight is 472 g/mol. The third-order valence-corrected chi connectivity index (χ3v) is 6.93. The summed E-state index contributed by atoms with van der Waals surface area (Å²) >= 11 is 1.64. The van der Waals surface area contributed by atoms with Crippen LogP contribution in [0.2, 0.25) is 0 Å². The fourth-order valence-electron chi connectivity index (χ4n) is 4.08. The second kappa shape index (κ2) is 9.23. The van der Waals surface area contributed by atoms with Gasteiger partial charge in [0.15, 0.2) is 0 Å². The standard InChI is InChI=1S/C26H25N5O2S/c1-4-5-23(32)31-11-10-20-22(14-31)34-26-24(20)25(28-15-29-26)30-18-7-9-21(16(2)12-18)33-19-8-6-17(3)27-13-19/h4-9,12-13,15H,10-11,14H2,1-3H3,(H,28,29,30)/b5-4+. The Balaban J connectivity index is 1.40. The van der Waals surface area contributed by atoms with E-state index in [2.05, 4.69) is 20.3 Å². The maximum Gasteiger partial charge on any atom is 0.246 e. The lowest BCUT2D eigenvalue weighted by Gasteiger charge is -2.26. The van der Waals surface area contributed by atoms with E-state index in [0.717, 1.165) is 45.1 Å². The van der Waals surface area contributed by atoms with Crippen LogP contribution < -0.4 is 10.1 Å². The lowest BCUT2D eigenvalue weighted by atomic mass is 10.0. The molecule has 1 aliphatic rings. The Kier molecular flexibility index (Phi) is 5.98. The molecule has 3 aromatic heterocycles. The number of anilines is 2. The molecule has 7 nitrogen and oxygen atoms in total. The number of allylic oxidation sites excluding steroid dienone is 1. The maximum atomic E-state index is 12.3. The summed E-state index contributed by atoms with van der Waals surface area (Å²) in [6.45, 7) is 7.12.